The Kier molecular flexibility index (Phi) is 4.32. The van der Waals surface area contributed by atoms with Crippen LogP contribution in [0.4, 0.5) is 5.13 Å². The van der Waals surface area contributed by atoms with E-state index in [1.54, 1.807) is 23.6 Å². The van der Waals surface area contributed by atoms with E-state index in [1.807, 2.05) is 18.3 Å². The van der Waals surface area contributed by atoms with Gasteiger partial charge in [0.25, 0.3) is 0 Å². The van der Waals surface area contributed by atoms with Gasteiger partial charge in [0.15, 0.2) is 5.01 Å². The third-order valence-electron chi connectivity index (χ3n) is 6.35. The lowest BCUT2D eigenvalue weighted by Crippen LogP contribution is -2.57. The molecule has 0 spiro atoms. The maximum Gasteiger partial charge on any atom is 0.208 e. The number of benzene rings is 1. The first kappa shape index (κ1) is 17.6. The average molecular weight is 397 g/mol. The van der Waals surface area contributed by atoms with Crippen molar-refractivity contribution in [3.63, 3.8) is 0 Å². The summed E-state index contributed by atoms with van der Waals surface area (Å²) in [6.07, 6.45) is 7.34. The largest absolute Gasteiger partial charge is 0.507 e. The topological polar surface area (TPSA) is 81.2 Å². The molecule has 3 fully saturated rings. The van der Waals surface area contributed by atoms with Crippen LogP contribution in [0, 0.1) is 5.92 Å². The van der Waals surface area contributed by atoms with Crippen molar-refractivity contribution in [2.45, 2.75) is 31.3 Å². The molecular formula is C20H24N6OS. The molecule has 2 N–H and O–H groups in total. The number of aromatic nitrogens is 4. The number of phenols is 1. The van der Waals surface area contributed by atoms with Crippen LogP contribution in [0.2, 0.25) is 0 Å². The van der Waals surface area contributed by atoms with Crippen molar-refractivity contribution in [1.82, 2.24) is 25.3 Å². The molecule has 4 heterocycles. The van der Waals surface area contributed by atoms with Gasteiger partial charge in [-0.3, -0.25) is 5.10 Å². The minimum absolute atomic E-state index is 0.211. The van der Waals surface area contributed by atoms with Crippen LogP contribution in [-0.4, -0.2) is 63.1 Å². The van der Waals surface area contributed by atoms with Gasteiger partial charge in [0.2, 0.25) is 5.13 Å². The first-order valence-electron chi connectivity index (χ1n) is 9.69. The minimum Gasteiger partial charge on any atom is -0.507 e. The van der Waals surface area contributed by atoms with Crippen LogP contribution < -0.4 is 4.90 Å². The molecule has 2 unspecified atom stereocenters. The summed E-state index contributed by atoms with van der Waals surface area (Å²) in [7, 11) is 4.38. The number of H-pyrrole nitrogens is 1. The van der Waals surface area contributed by atoms with Crippen LogP contribution in [0.3, 0.4) is 0 Å². The molecule has 28 heavy (non-hydrogen) atoms. The molecule has 1 aromatic carbocycles. The molecule has 3 aliphatic rings. The number of anilines is 1. The summed E-state index contributed by atoms with van der Waals surface area (Å²) >= 11 is 1.54. The van der Waals surface area contributed by atoms with Gasteiger partial charge in [0.1, 0.15) is 5.75 Å². The fraction of sp³-hybridized carbons (Fsp3) is 0.450. The number of rotatable bonds is 4. The van der Waals surface area contributed by atoms with Gasteiger partial charge in [-0.2, -0.15) is 5.10 Å². The second-order valence-electron chi connectivity index (χ2n) is 7.95. The standard InChI is InChI=1S/C20H24N6OS/c1-25-11-13-3-5-15(25)8-17(13)26(2)20-24-23-19(28-20)16-6-4-12(7-18(16)27)14-9-21-22-10-14/h4,6-7,9-10,13,15,17,27H,3,5,8,11H2,1-2H3,(H,21,22)/t13?,15?,17-/m1/s1. The predicted octanol–water partition coefficient (Wildman–Crippen LogP) is 3.22. The molecule has 8 heteroatoms. The third kappa shape index (κ3) is 2.97. The van der Waals surface area contributed by atoms with E-state index >= 15 is 0 Å². The van der Waals surface area contributed by atoms with Crippen LogP contribution in [0.25, 0.3) is 21.7 Å². The van der Waals surface area contributed by atoms with Crippen molar-refractivity contribution in [1.29, 1.82) is 0 Å². The van der Waals surface area contributed by atoms with Crippen LogP contribution in [-0.2, 0) is 0 Å². The van der Waals surface area contributed by atoms with E-state index in [1.165, 1.54) is 25.8 Å². The normalized spacial score (nSPS) is 24.6. The van der Waals surface area contributed by atoms with Gasteiger partial charge in [0, 0.05) is 37.4 Å². The van der Waals surface area contributed by atoms with E-state index in [0.29, 0.717) is 23.6 Å². The summed E-state index contributed by atoms with van der Waals surface area (Å²) in [5.41, 5.74) is 2.57. The average Bonchev–Trinajstić information content (AvgIpc) is 3.40. The summed E-state index contributed by atoms with van der Waals surface area (Å²) in [5.74, 6) is 0.900. The first-order chi connectivity index (χ1) is 13.6. The van der Waals surface area contributed by atoms with Gasteiger partial charge in [-0.25, -0.2) is 0 Å². The maximum absolute atomic E-state index is 10.5. The van der Waals surface area contributed by atoms with Crippen molar-refractivity contribution < 1.29 is 5.11 Å². The van der Waals surface area contributed by atoms with E-state index in [2.05, 4.69) is 44.3 Å². The van der Waals surface area contributed by atoms with Gasteiger partial charge in [0.05, 0.1) is 11.8 Å². The number of fused-ring (bicyclic) bond motifs is 3. The molecule has 2 bridgehead atoms. The SMILES string of the molecule is CN1CC2CCC1C[C@H]2N(C)c1nnc(-c2ccc(-c3cn[nH]c3)cc2O)s1. The molecule has 6 rings (SSSR count). The molecule has 2 aromatic heterocycles. The fourth-order valence-electron chi connectivity index (χ4n) is 4.70. The van der Waals surface area contributed by atoms with E-state index < -0.39 is 0 Å². The number of nitrogens with one attached hydrogen (secondary N) is 1. The molecule has 1 aliphatic carbocycles. The first-order valence-corrected chi connectivity index (χ1v) is 10.5. The van der Waals surface area contributed by atoms with Gasteiger partial charge >= 0.3 is 0 Å². The summed E-state index contributed by atoms with van der Waals surface area (Å²) in [6, 6.07) is 6.83. The molecule has 3 aromatic rings. The van der Waals surface area contributed by atoms with Crippen LogP contribution in [0.5, 0.6) is 5.75 Å². The van der Waals surface area contributed by atoms with Crippen molar-refractivity contribution in [2.24, 2.45) is 5.92 Å². The molecule has 0 amide bonds. The highest BCUT2D eigenvalue weighted by atomic mass is 32.1. The lowest BCUT2D eigenvalue weighted by Gasteiger charge is -2.50. The van der Waals surface area contributed by atoms with E-state index in [4.69, 9.17) is 0 Å². The Morgan fingerprint density at radius 1 is 1.25 bits per heavy atom. The second kappa shape index (κ2) is 6.86. The number of aromatic hydroxyl groups is 1. The van der Waals surface area contributed by atoms with Gasteiger partial charge in [-0.1, -0.05) is 17.4 Å². The van der Waals surface area contributed by atoms with Crippen molar-refractivity contribution in [3.8, 4) is 27.4 Å². The second-order valence-corrected chi connectivity index (χ2v) is 8.91. The van der Waals surface area contributed by atoms with Crippen LogP contribution in [0.1, 0.15) is 19.3 Å². The summed E-state index contributed by atoms with van der Waals surface area (Å²) < 4.78 is 0. The molecule has 2 aliphatic heterocycles. The van der Waals surface area contributed by atoms with Gasteiger partial charge in [-0.15, -0.1) is 10.2 Å². The molecule has 0 radical (unpaired) electrons. The number of hydrogen-bond acceptors (Lipinski definition) is 7. The molecule has 7 nitrogen and oxygen atoms in total. The zero-order valence-electron chi connectivity index (χ0n) is 16.0. The lowest BCUT2D eigenvalue weighted by molar-refractivity contribution is 0.0539. The highest BCUT2D eigenvalue weighted by Crippen LogP contribution is 2.41. The Bertz CT molecular complexity index is 971. The van der Waals surface area contributed by atoms with E-state index in [-0.39, 0.29) is 5.75 Å². The molecule has 146 valence electrons. The fourth-order valence-corrected chi connectivity index (χ4v) is 5.60. The van der Waals surface area contributed by atoms with E-state index in [0.717, 1.165) is 21.3 Å². The van der Waals surface area contributed by atoms with Crippen molar-refractivity contribution in [2.75, 3.05) is 25.5 Å². The molecule has 2 saturated heterocycles. The number of phenolic OH excluding ortho intramolecular Hbond substituents is 1. The van der Waals surface area contributed by atoms with Crippen LogP contribution in [0.15, 0.2) is 30.6 Å². The van der Waals surface area contributed by atoms with Crippen molar-refractivity contribution in [3.05, 3.63) is 30.6 Å². The smallest absolute Gasteiger partial charge is 0.208 e. The summed E-state index contributed by atoms with van der Waals surface area (Å²) in [4.78, 5) is 4.81. The Balaban J connectivity index is 1.38. The third-order valence-corrected chi connectivity index (χ3v) is 7.39. The zero-order chi connectivity index (χ0) is 19.3. The number of hydrogen-bond donors (Lipinski definition) is 2. The summed E-state index contributed by atoms with van der Waals surface area (Å²) in [5, 5.41) is 27.8. The van der Waals surface area contributed by atoms with Crippen molar-refractivity contribution >= 4 is 16.5 Å². The van der Waals surface area contributed by atoms with E-state index in [9.17, 15) is 5.11 Å². The Labute approximate surface area is 168 Å². The Morgan fingerprint density at radius 2 is 2.14 bits per heavy atom. The number of piperidine rings is 2. The molecule has 1 saturated carbocycles. The maximum atomic E-state index is 10.5. The Morgan fingerprint density at radius 3 is 2.82 bits per heavy atom. The lowest BCUT2D eigenvalue weighted by atomic mass is 9.76. The molecular weight excluding hydrogens is 372 g/mol. The number of nitrogens with zero attached hydrogens (tertiary/aromatic N) is 5. The highest BCUT2D eigenvalue weighted by molar-refractivity contribution is 7.18. The molecule has 3 atom stereocenters. The van der Waals surface area contributed by atoms with Gasteiger partial charge < -0.3 is 14.9 Å². The minimum atomic E-state index is 0.211. The highest BCUT2D eigenvalue weighted by Gasteiger charge is 2.41. The predicted molar refractivity (Wildman–Crippen MR) is 111 cm³/mol. The van der Waals surface area contributed by atoms with Crippen LogP contribution >= 0.6 is 11.3 Å². The quantitative estimate of drug-likeness (QED) is 0.705. The van der Waals surface area contributed by atoms with Gasteiger partial charge in [-0.05, 0) is 49.9 Å². The summed E-state index contributed by atoms with van der Waals surface area (Å²) in [6.45, 7) is 1.17. The number of aromatic amines is 1. The monoisotopic (exact) mass is 396 g/mol. The zero-order valence-corrected chi connectivity index (χ0v) is 16.9. The Hall–Kier alpha value is -2.45.